The minimum atomic E-state index is -0.437. The lowest BCUT2D eigenvalue weighted by molar-refractivity contribution is -0.148. The number of nitrogens with two attached hydrogens (primary N) is 3. The van der Waals surface area contributed by atoms with Crippen LogP contribution in [0.3, 0.4) is 0 Å². The number of nitrogens with zero attached hydrogens (tertiary/aromatic N) is 6. The Morgan fingerprint density at radius 2 is 0.979 bits per heavy atom. The molecule has 6 aromatic rings. The summed E-state index contributed by atoms with van der Waals surface area (Å²) in [6, 6.07) is 26.9. The van der Waals surface area contributed by atoms with Crippen LogP contribution in [0, 0.1) is 35.5 Å². The molecule has 0 aliphatic carbocycles. The summed E-state index contributed by atoms with van der Waals surface area (Å²) in [7, 11) is 4.16. The number of aromatic nitrogens is 3. The van der Waals surface area contributed by atoms with Gasteiger partial charge in [0.05, 0.1) is 82.6 Å². The van der Waals surface area contributed by atoms with E-state index in [4.69, 9.17) is 31.4 Å². The third-order valence-corrected chi connectivity index (χ3v) is 19.6. The van der Waals surface area contributed by atoms with Gasteiger partial charge in [-0.05, 0) is 168 Å². The van der Waals surface area contributed by atoms with E-state index in [0.717, 1.165) is 111 Å². The monoisotopic (exact) mass is 1320 g/mol. The zero-order valence-electron chi connectivity index (χ0n) is 54.9. The maximum atomic E-state index is 12.8. The maximum Gasteiger partial charge on any atom is 0.310 e. The van der Waals surface area contributed by atoms with Crippen LogP contribution in [-0.2, 0) is 28.6 Å². The van der Waals surface area contributed by atoms with E-state index in [1.165, 1.54) is 44.0 Å². The Morgan fingerprint density at radius 1 is 0.532 bits per heavy atom. The molecule has 0 saturated carbocycles. The van der Waals surface area contributed by atoms with E-state index in [9.17, 15) is 28.8 Å². The van der Waals surface area contributed by atoms with Crippen molar-refractivity contribution >= 4 is 58.3 Å². The van der Waals surface area contributed by atoms with Gasteiger partial charge < -0.3 is 62.1 Å². The molecule has 23 heteroatoms. The summed E-state index contributed by atoms with van der Waals surface area (Å²) in [5, 5.41) is 10.9. The van der Waals surface area contributed by atoms with Crippen LogP contribution in [0.1, 0.15) is 108 Å². The first-order valence-corrected chi connectivity index (χ1v) is 33.6. The highest BCUT2D eigenvalue weighted by atomic mass is 32.1. The van der Waals surface area contributed by atoms with E-state index in [1.54, 1.807) is 43.0 Å². The van der Waals surface area contributed by atoms with Gasteiger partial charge in [-0.1, -0.05) is 50.1 Å². The van der Waals surface area contributed by atoms with Crippen LogP contribution < -0.4 is 33.2 Å². The molecule has 9 N–H and O–H groups in total. The number of pyridine rings is 3. The number of likely N-dealkylation sites (tertiary alicyclic amines) is 3. The van der Waals surface area contributed by atoms with Crippen LogP contribution in [-0.4, -0.2) is 144 Å². The fourth-order valence-electron chi connectivity index (χ4n) is 12.3. The smallest absolute Gasteiger partial charge is 0.310 e. The highest BCUT2D eigenvalue weighted by Crippen LogP contribution is 2.32. The normalized spacial score (nSPS) is 18.0. The fraction of sp³-hybridized carbons (Fsp3) is 0.423. The van der Waals surface area contributed by atoms with Gasteiger partial charge >= 0.3 is 17.9 Å². The highest BCUT2D eigenvalue weighted by Gasteiger charge is 2.36. The van der Waals surface area contributed by atoms with Crippen molar-refractivity contribution in [1.82, 2.24) is 45.6 Å². The van der Waals surface area contributed by atoms with Crippen molar-refractivity contribution in [3.8, 4) is 33.0 Å². The first-order chi connectivity index (χ1) is 45.2. The van der Waals surface area contributed by atoms with Crippen LogP contribution >= 0.6 is 22.7 Å². The number of amides is 3. The van der Waals surface area contributed by atoms with E-state index in [0.29, 0.717) is 52.0 Å². The second kappa shape index (κ2) is 35.8. The van der Waals surface area contributed by atoms with E-state index in [2.05, 4.69) is 65.3 Å². The molecular weight excluding hydrogens is 1230 g/mol. The van der Waals surface area contributed by atoms with Crippen LogP contribution in [0.5, 0.6) is 0 Å². The predicted octanol–water partition coefficient (Wildman–Crippen LogP) is 9.69. The molecule has 9 atom stereocenters. The standard InChI is InChI=1S/C25H32N4O3.2C23H30N4O3S/c1-17(22(25(31)32-3)15-19-7-6-14-29(16-19)18(2)26)28-24(30)21-11-9-20(10-12-21)23-8-4-5-13-27-23;1-15(20(23(29)30-3)10-17-6-5-9-27(13-17)16(2)24)26-22(28)21-11-19(14-31-21)18-7-4-8-25-12-18;1-15(18(23(29)30-3)13-17-7-6-12-27(14-17)16(2)24)26-22(28)21-10-9-20(31-21)19-8-4-5-11-25-19/h4-5,8-13,17,19,22H,2,6-7,14-16,26H2,1,3H3,(H,28,30);4,7-8,11-12,14-15,17,20H,2,5-6,9-10,13,24H2,1,3H3,(H,26,28);4-5,8-11,15,17-18H,2,6-7,12-14,24H2,1,3H3,(H,26,28)/t17-,19?,22-;15-,17?,20-;15-,17?,18-/m111/s1. The van der Waals surface area contributed by atoms with Gasteiger partial charge in [-0.15, -0.1) is 22.7 Å². The predicted molar refractivity (Wildman–Crippen MR) is 369 cm³/mol. The maximum absolute atomic E-state index is 12.8. The molecule has 3 amide bonds. The van der Waals surface area contributed by atoms with E-state index in [-0.39, 0.29) is 71.5 Å². The summed E-state index contributed by atoms with van der Waals surface area (Å²) < 4.78 is 15.1. The number of hydrogen-bond donors (Lipinski definition) is 6. The largest absolute Gasteiger partial charge is 0.469 e. The Hall–Kier alpha value is -9.09. The average molecular weight is 1320 g/mol. The second-order valence-corrected chi connectivity index (χ2v) is 26.3. The average Bonchev–Trinajstić information content (AvgIpc) is 1.64. The number of carbonyl (C=O) groups is 6. The molecule has 502 valence electrons. The summed E-state index contributed by atoms with van der Waals surface area (Å²) in [4.78, 5) is 97.1. The lowest BCUT2D eigenvalue weighted by Gasteiger charge is -2.36. The number of methoxy groups -OCH3 is 3. The number of carbonyl (C=O) groups excluding carboxylic acids is 6. The van der Waals surface area contributed by atoms with Crippen molar-refractivity contribution in [2.75, 3.05) is 60.6 Å². The zero-order chi connectivity index (χ0) is 67.8. The van der Waals surface area contributed by atoms with Crippen LogP contribution in [0.25, 0.3) is 33.0 Å². The summed E-state index contributed by atoms with van der Waals surface area (Å²) in [6.45, 7) is 22.0. The molecule has 3 aliphatic heterocycles. The van der Waals surface area contributed by atoms with Crippen molar-refractivity contribution in [1.29, 1.82) is 0 Å². The molecule has 3 unspecified atom stereocenters. The first-order valence-electron chi connectivity index (χ1n) is 31.9. The molecule has 0 bridgehead atoms. The van der Waals surface area contributed by atoms with Crippen molar-refractivity contribution in [3.63, 3.8) is 0 Å². The first kappa shape index (κ1) is 72.3. The molecule has 9 rings (SSSR count). The highest BCUT2D eigenvalue weighted by molar-refractivity contribution is 7.17. The van der Waals surface area contributed by atoms with E-state index >= 15 is 0 Å². The second-order valence-electron chi connectivity index (χ2n) is 24.3. The molecular formula is C71H92N12O9S2. The summed E-state index contributed by atoms with van der Waals surface area (Å²) in [5.41, 5.74) is 22.6. The SMILES string of the molecule is C=C(N)N1CCCC(C[C@@H](C(=O)OC)[C@@H](C)NC(=O)c2cc(-c3cccnc3)cs2)C1.C=C(N)N1CCCC(C[C@@H](C(=O)OC)[C@@H](C)NC(=O)c2ccc(-c3ccccn3)cc2)C1.C=C(N)N1CCCC(C[C@@H](C(=O)OC)[C@@H](C)NC(=O)c2ccc(-c3ccccn3)s2)C1. The molecule has 3 fully saturated rings. The van der Waals surface area contributed by atoms with E-state index in [1.807, 2.05) is 98.9 Å². The number of ether oxygens (including phenoxy) is 3. The summed E-state index contributed by atoms with van der Waals surface area (Å²) >= 11 is 2.75. The number of esters is 3. The fourth-order valence-corrected chi connectivity index (χ4v) is 14.0. The van der Waals surface area contributed by atoms with Gasteiger partial charge in [0.2, 0.25) is 0 Å². The zero-order valence-corrected chi connectivity index (χ0v) is 56.5. The van der Waals surface area contributed by atoms with Gasteiger partial charge in [0.15, 0.2) is 0 Å². The van der Waals surface area contributed by atoms with Crippen molar-refractivity contribution < 1.29 is 43.0 Å². The van der Waals surface area contributed by atoms with Gasteiger partial charge in [0, 0.05) is 98.9 Å². The number of piperidine rings is 3. The molecule has 5 aromatic heterocycles. The minimum Gasteiger partial charge on any atom is -0.469 e. The molecule has 0 radical (unpaired) electrons. The van der Waals surface area contributed by atoms with E-state index < -0.39 is 17.8 Å². The molecule has 21 nitrogen and oxygen atoms in total. The molecule has 94 heavy (non-hydrogen) atoms. The summed E-state index contributed by atoms with van der Waals surface area (Å²) in [6.07, 6.45) is 14.8. The van der Waals surface area contributed by atoms with Crippen molar-refractivity contribution in [2.24, 2.45) is 52.7 Å². The van der Waals surface area contributed by atoms with Gasteiger partial charge in [0.1, 0.15) is 0 Å². The Kier molecular flexibility index (Phi) is 27.6. The third kappa shape index (κ3) is 21.0. The minimum absolute atomic E-state index is 0.192. The number of thiophene rings is 2. The lowest BCUT2D eigenvalue weighted by atomic mass is 9.85. The molecule has 3 aliphatic rings. The number of hydrogen-bond acceptors (Lipinski definition) is 20. The van der Waals surface area contributed by atoms with Gasteiger partial charge in [-0.2, -0.15) is 0 Å². The molecule has 0 spiro atoms. The van der Waals surface area contributed by atoms with Crippen LogP contribution in [0.15, 0.2) is 158 Å². The summed E-state index contributed by atoms with van der Waals surface area (Å²) in [5.74, 6) is -0.310. The topological polar surface area (TPSA) is 293 Å². The molecule has 3 saturated heterocycles. The van der Waals surface area contributed by atoms with Gasteiger partial charge in [0.25, 0.3) is 17.7 Å². The third-order valence-electron chi connectivity index (χ3n) is 17.6. The Balaban J connectivity index is 0.000000200. The molecule has 1 aromatic carbocycles. The Bertz CT molecular complexity index is 3330. The molecule has 8 heterocycles. The quantitative estimate of drug-likeness (QED) is 0.0243. The Morgan fingerprint density at radius 3 is 1.39 bits per heavy atom. The van der Waals surface area contributed by atoms with Crippen molar-refractivity contribution in [3.05, 3.63) is 174 Å². The van der Waals surface area contributed by atoms with Crippen molar-refractivity contribution in [2.45, 2.75) is 96.7 Å². The van der Waals surface area contributed by atoms with Gasteiger partial charge in [-0.3, -0.25) is 43.7 Å². The number of benzene rings is 1. The number of nitrogens with one attached hydrogen (secondary N) is 3. The Labute approximate surface area is 560 Å². The lowest BCUT2D eigenvalue weighted by Crippen LogP contribution is -2.44. The van der Waals surface area contributed by atoms with Crippen LogP contribution in [0.4, 0.5) is 0 Å². The van der Waals surface area contributed by atoms with Gasteiger partial charge in [-0.25, -0.2) is 0 Å². The number of rotatable bonds is 24. The van der Waals surface area contributed by atoms with Crippen LogP contribution in [0.2, 0.25) is 0 Å².